The van der Waals surface area contributed by atoms with Gasteiger partial charge < -0.3 is 19.9 Å². The summed E-state index contributed by atoms with van der Waals surface area (Å²) in [6.07, 6.45) is 5.61. The zero-order valence-electron chi connectivity index (χ0n) is 16.5. The fourth-order valence-electron chi connectivity index (χ4n) is 3.99. The number of piperidine rings is 1. The average molecular weight is 396 g/mol. The Morgan fingerprint density at radius 3 is 2.41 bits per heavy atom. The summed E-state index contributed by atoms with van der Waals surface area (Å²) in [4.78, 5) is 16.8. The van der Waals surface area contributed by atoms with Crippen LogP contribution in [0, 0.1) is 5.92 Å². The number of ether oxygens (including phenoxy) is 1. The molecule has 0 aromatic heterocycles. The van der Waals surface area contributed by atoms with Crippen LogP contribution in [-0.2, 0) is 11.2 Å². The van der Waals surface area contributed by atoms with Gasteiger partial charge in [0.25, 0.3) is 0 Å². The maximum absolute atomic E-state index is 12.3. The summed E-state index contributed by atoms with van der Waals surface area (Å²) < 4.78 is 5.22. The van der Waals surface area contributed by atoms with Crippen LogP contribution in [0.2, 0.25) is 0 Å². The lowest BCUT2D eigenvalue weighted by Gasteiger charge is -2.33. The van der Waals surface area contributed by atoms with Gasteiger partial charge in [-0.1, -0.05) is 12.1 Å². The van der Waals surface area contributed by atoms with Crippen molar-refractivity contribution in [2.45, 2.75) is 32.1 Å². The first-order valence-electron chi connectivity index (χ1n) is 10.1. The van der Waals surface area contributed by atoms with Crippen LogP contribution in [0.15, 0.2) is 24.3 Å². The van der Waals surface area contributed by atoms with E-state index in [-0.39, 0.29) is 12.4 Å². The number of likely N-dealkylation sites (tertiary alicyclic amines) is 1. The number of aryl methyl sites for hydroxylation is 1. The normalized spacial score (nSPS) is 18.8. The standard InChI is InChI=1S/C21H33N3O2.ClH/c1-26-20-6-4-18(5-7-20)2-3-19-8-13-23(14-9-19)15-10-21(25)24-16-11-22-12-17-24;/h4-7,19,22H,2-3,8-17H2,1H3;1H. The quantitative estimate of drug-likeness (QED) is 0.770. The number of hydrogen-bond acceptors (Lipinski definition) is 4. The number of halogens is 1. The van der Waals surface area contributed by atoms with Crippen LogP contribution >= 0.6 is 12.4 Å². The molecule has 2 saturated heterocycles. The predicted molar refractivity (Wildman–Crippen MR) is 112 cm³/mol. The lowest BCUT2D eigenvalue weighted by molar-refractivity contribution is -0.132. The highest BCUT2D eigenvalue weighted by Crippen LogP contribution is 2.23. The van der Waals surface area contributed by atoms with Crippen molar-refractivity contribution in [3.8, 4) is 5.75 Å². The molecule has 0 bridgehead atoms. The smallest absolute Gasteiger partial charge is 0.223 e. The van der Waals surface area contributed by atoms with Gasteiger partial charge in [0.2, 0.25) is 5.91 Å². The summed E-state index contributed by atoms with van der Waals surface area (Å²) in [7, 11) is 1.71. The summed E-state index contributed by atoms with van der Waals surface area (Å²) in [6.45, 7) is 6.81. The van der Waals surface area contributed by atoms with Crippen molar-refractivity contribution in [1.82, 2.24) is 15.1 Å². The Morgan fingerprint density at radius 1 is 1.11 bits per heavy atom. The SMILES string of the molecule is COc1ccc(CCC2CCN(CCC(=O)N3CCNCC3)CC2)cc1.Cl. The summed E-state index contributed by atoms with van der Waals surface area (Å²) >= 11 is 0. The Morgan fingerprint density at radius 2 is 1.78 bits per heavy atom. The fourth-order valence-corrected chi connectivity index (χ4v) is 3.99. The zero-order chi connectivity index (χ0) is 18.2. The number of methoxy groups -OCH3 is 1. The third kappa shape index (κ3) is 6.98. The molecular weight excluding hydrogens is 362 g/mol. The maximum atomic E-state index is 12.3. The number of amides is 1. The molecule has 27 heavy (non-hydrogen) atoms. The molecule has 0 aliphatic carbocycles. The first-order chi connectivity index (χ1) is 12.7. The van der Waals surface area contributed by atoms with Gasteiger partial charge in [-0.3, -0.25) is 4.79 Å². The van der Waals surface area contributed by atoms with E-state index in [1.807, 2.05) is 17.0 Å². The molecule has 2 aliphatic rings. The Balaban J connectivity index is 0.00000261. The lowest BCUT2D eigenvalue weighted by Crippen LogP contribution is -2.47. The van der Waals surface area contributed by atoms with Gasteiger partial charge in [-0.05, 0) is 62.4 Å². The summed E-state index contributed by atoms with van der Waals surface area (Å²) in [5.74, 6) is 2.07. The van der Waals surface area contributed by atoms with Crippen LogP contribution in [0.3, 0.4) is 0 Å². The minimum absolute atomic E-state index is 0. The summed E-state index contributed by atoms with van der Waals surface area (Å²) in [6, 6.07) is 8.45. The molecule has 0 saturated carbocycles. The van der Waals surface area contributed by atoms with Crippen LogP contribution < -0.4 is 10.1 Å². The molecule has 0 atom stereocenters. The van der Waals surface area contributed by atoms with Crippen LogP contribution in [0.4, 0.5) is 0 Å². The number of carbonyl (C=O) groups excluding carboxylic acids is 1. The molecule has 6 heteroatoms. The van der Waals surface area contributed by atoms with E-state index in [9.17, 15) is 4.79 Å². The van der Waals surface area contributed by atoms with Crippen LogP contribution in [0.5, 0.6) is 5.75 Å². The van der Waals surface area contributed by atoms with Crippen molar-refractivity contribution in [2.24, 2.45) is 5.92 Å². The Bertz CT molecular complexity index is 553. The Kier molecular flexibility index (Phi) is 9.39. The second-order valence-electron chi connectivity index (χ2n) is 7.55. The average Bonchev–Trinajstić information content (AvgIpc) is 2.72. The van der Waals surface area contributed by atoms with Gasteiger partial charge in [0.15, 0.2) is 0 Å². The maximum Gasteiger partial charge on any atom is 0.223 e. The molecule has 2 fully saturated rings. The van der Waals surface area contributed by atoms with E-state index in [2.05, 4.69) is 22.3 Å². The topological polar surface area (TPSA) is 44.8 Å². The molecular formula is C21H34ClN3O2. The molecule has 1 aromatic rings. The van der Waals surface area contributed by atoms with Crippen molar-refractivity contribution in [3.63, 3.8) is 0 Å². The monoisotopic (exact) mass is 395 g/mol. The summed E-state index contributed by atoms with van der Waals surface area (Å²) in [5.41, 5.74) is 1.40. The molecule has 0 spiro atoms. The van der Waals surface area contributed by atoms with E-state index in [1.54, 1.807) is 7.11 Å². The Labute approximate surface area is 169 Å². The molecule has 5 nitrogen and oxygen atoms in total. The van der Waals surface area contributed by atoms with E-state index in [0.29, 0.717) is 12.3 Å². The molecule has 152 valence electrons. The molecule has 2 aliphatic heterocycles. The molecule has 2 heterocycles. The highest BCUT2D eigenvalue weighted by molar-refractivity contribution is 5.85. The van der Waals surface area contributed by atoms with Crippen LogP contribution in [0.25, 0.3) is 0 Å². The molecule has 0 unspecified atom stereocenters. The van der Waals surface area contributed by atoms with Gasteiger partial charge in [-0.25, -0.2) is 0 Å². The first-order valence-corrected chi connectivity index (χ1v) is 10.1. The highest BCUT2D eigenvalue weighted by atomic mass is 35.5. The Hall–Kier alpha value is -1.30. The zero-order valence-corrected chi connectivity index (χ0v) is 17.3. The minimum atomic E-state index is 0. The molecule has 1 aromatic carbocycles. The van der Waals surface area contributed by atoms with E-state index >= 15 is 0 Å². The van der Waals surface area contributed by atoms with Gasteiger partial charge in [0.1, 0.15) is 5.75 Å². The van der Waals surface area contributed by atoms with Crippen LogP contribution in [-0.4, -0.2) is 68.6 Å². The van der Waals surface area contributed by atoms with E-state index in [4.69, 9.17) is 4.74 Å². The molecule has 0 radical (unpaired) electrons. The number of nitrogens with one attached hydrogen (secondary N) is 1. The molecule has 3 rings (SSSR count). The number of piperazine rings is 1. The second-order valence-corrected chi connectivity index (χ2v) is 7.55. The van der Waals surface area contributed by atoms with Gasteiger partial charge >= 0.3 is 0 Å². The van der Waals surface area contributed by atoms with E-state index in [0.717, 1.165) is 63.9 Å². The van der Waals surface area contributed by atoms with E-state index < -0.39 is 0 Å². The lowest BCUT2D eigenvalue weighted by atomic mass is 9.90. The highest BCUT2D eigenvalue weighted by Gasteiger charge is 2.21. The predicted octanol–water partition coefficient (Wildman–Crippen LogP) is 2.58. The minimum Gasteiger partial charge on any atom is -0.497 e. The number of carbonyl (C=O) groups is 1. The fraction of sp³-hybridized carbons (Fsp3) is 0.667. The van der Waals surface area contributed by atoms with Crippen LogP contribution in [0.1, 0.15) is 31.2 Å². The third-order valence-electron chi connectivity index (χ3n) is 5.82. The number of nitrogens with zero attached hydrogens (tertiary/aromatic N) is 2. The van der Waals surface area contributed by atoms with Crippen molar-refractivity contribution >= 4 is 18.3 Å². The first kappa shape index (κ1) is 22.0. The van der Waals surface area contributed by atoms with Crippen molar-refractivity contribution in [3.05, 3.63) is 29.8 Å². The number of hydrogen-bond donors (Lipinski definition) is 1. The number of benzene rings is 1. The second kappa shape index (κ2) is 11.5. The number of rotatable bonds is 7. The summed E-state index contributed by atoms with van der Waals surface area (Å²) in [5, 5.41) is 3.30. The third-order valence-corrected chi connectivity index (χ3v) is 5.82. The molecule has 1 amide bonds. The van der Waals surface area contributed by atoms with Crippen molar-refractivity contribution < 1.29 is 9.53 Å². The van der Waals surface area contributed by atoms with Gasteiger partial charge in [0.05, 0.1) is 7.11 Å². The van der Waals surface area contributed by atoms with Crippen molar-refractivity contribution in [2.75, 3.05) is 52.9 Å². The van der Waals surface area contributed by atoms with Gasteiger partial charge in [-0.2, -0.15) is 0 Å². The molecule has 1 N–H and O–H groups in total. The van der Waals surface area contributed by atoms with Gasteiger partial charge in [-0.15, -0.1) is 12.4 Å². The van der Waals surface area contributed by atoms with Crippen molar-refractivity contribution in [1.29, 1.82) is 0 Å². The van der Waals surface area contributed by atoms with Gasteiger partial charge in [0, 0.05) is 39.1 Å². The van der Waals surface area contributed by atoms with E-state index in [1.165, 1.54) is 24.8 Å². The largest absolute Gasteiger partial charge is 0.497 e.